The lowest BCUT2D eigenvalue weighted by Crippen LogP contribution is -2.60. The van der Waals surface area contributed by atoms with Gasteiger partial charge in [0, 0.05) is 6.42 Å². The summed E-state index contributed by atoms with van der Waals surface area (Å²) < 4.78 is 11.3. The van der Waals surface area contributed by atoms with Crippen LogP contribution in [0, 0.1) is 0 Å². The maximum Gasteiger partial charge on any atom is 0.220 e. The van der Waals surface area contributed by atoms with Crippen molar-refractivity contribution >= 4 is 5.91 Å². The van der Waals surface area contributed by atoms with E-state index in [0.29, 0.717) is 12.8 Å². The quantitative estimate of drug-likeness (QED) is 0.0261. The number of carbonyl (C=O) groups excluding carboxylic acids is 1. The first-order valence-corrected chi connectivity index (χ1v) is 31.9. The van der Waals surface area contributed by atoms with Gasteiger partial charge in [-0.1, -0.05) is 296 Å². The van der Waals surface area contributed by atoms with Crippen LogP contribution < -0.4 is 5.32 Å². The van der Waals surface area contributed by atoms with Crippen molar-refractivity contribution in [3.8, 4) is 0 Å². The third-order valence-corrected chi connectivity index (χ3v) is 15.6. The minimum Gasteiger partial charge on any atom is -0.394 e. The minimum atomic E-state index is -1.55. The van der Waals surface area contributed by atoms with Crippen LogP contribution in [0.2, 0.25) is 0 Å². The van der Waals surface area contributed by atoms with Crippen molar-refractivity contribution in [2.45, 2.75) is 371 Å². The topological polar surface area (TPSA) is 149 Å². The number of hydrogen-bond donors (Lipinski definition) is 6. The van der Waals surface area contributed by atoms with Gasteiger partial charge in [0.25, 0.3) is 0 Å². The van der Waals surface area contributed by atoms with E-state index >= 15 is 0 Å². The van der Waals surface area contributed by atoms with Gasteiger partial charge in [0.05, 0.1) is 25.4 Å². The Morgan fingerprint density at radius 1 is 0.458 bits per heavy atom. The highest BCUT2D eigenvalue weighted by molar-refractivity contribution is 5.76. The first-order valence-electron chi connectivity index (χ1n) is 31.9. The standard InChI is InChI=1S/C63H123NO8/c1-3-5-7-9-11-13-15-17-19-21-23-25-27-28-29-31-32-34-36-38-40-42-44-46-48-50-52-57(66)56(55-71-63-62(70)61(69)60(68)58(54-65)72-63)64-59(67)53-51-49-47-45-43-41-39-37-35-33-30-26-24-22-20-18-16-14-12-10-8-6-4-2/h22,24,56-58,60-63,65-66,68-70H,3-21,23,25-55H2,1-2H3,(H,64,67)/b24-22-. The van der Waals surface area contributed by atoms with E-state index < -0.39 is 49.5 Å². The van der Waals surface area contributed by atoms with Crippen LogP contribution >= 0.6 is 0 Å². The average Bonchev–Trinajstić information content (AvgIpc) is 3.38. The van der Waals surface area contributed by atoms with Crippen molar-refractivity contribution in [2.24, 2.45) is 0 Å². The van der Waals surface area contributed by atoms with Crippen LogP contribution in [-0.4, -0.2) is 87.5 Å². The number of nitrogens with one attached hydrogen (secondary N) is 1. The summed E-state index contributed by atoms with van der Waals surface area (Å²) in [5.74, 6) is -0.138. The van der Waals surface area contributed by atoms with Gasteiger partial charge in [-0.2, -0.15) is 0 Å². The summed E-state index contributed by atoms with van der Waals surface area (Å²) in [5, 5.41) is 54.8. The number of amides is 1. The van der Waals surface area contributed by atoms with Crippen molar-refractivity contribution in [1.82, 2.24) is 5.32 Å². The van der Waals surface area contributed by atoms with Crippen LogP contribution in [0.1, 0.15) is 328 Å². The second-order valence-electron chi connectivity index (χ2n) is 22.6. The normalized spacial score (nSPS) is 19.1. The van der Waals surface area contributed by atoms with Gasteiger partial charge < -0.3 is 40.3 Å². The number of rotatable bonds is 56. The van der Waals surface area contributed by atoms with Gasteiger partial charge in [-0.05, 0) is 38.5 Å². The first-order chi connectivity index (χ1) is 35.3. The summed E-state index contributed by atoms with van der Waals surface area (Å²) in [5.41, 5.74) is 0. The molecule has 72 heavy (non-hydrogen) atoms. The molecular formula is C63H123NO8. The SMILES string of the molecule is CCCCCCCCCC/C=C\CCCCCCCCCCCCCC(=O)NC(COC1OC(CO)C(O)C(O)C1O)C(O)CCCCCCCCCCCCCCCCCCCCCCCCCCCC. The van der Waals surface area contributed by atoms with Crippen LogP contribution in [0.25, 0.3) is 0 Å². The van der Waals surface area contributed by atoms with E-state index in [0.717, 1.165) is 38.5 Å². The van der Waals surface area contributed by atoms with E-state index in [9.17, 15) is 30.3 Å². The Hall–Kier alpha value is -1.07. The molecule has 0 radical (unpaired) electrons. The Morgan fingerprint density at radius 3 is 1.12 bits per heavy atom. The van der Waals surface area contributed by atoms with E-state index in [1.54, 1.807) is 0 Å². The molecule has 7 atom stereocenters. The predicted octanol–water partition coefficient (Wildman–Crippen LogP) is 16.4. The molecule has 1 amide bonds. The summed E-state index contributed by atoms with van der Waals surface area (Å²) in [6.07, 6.45) is 59.7. The molecule has 0 aromatic heterocycles. The zero-order chi connectivity index (χ0) is 52.2. The Balaban J connectivity index is 2.15. The maximum atomic E-state index is 13.1. The molecule has 1 heterocycles. The molecule has 0 aromatic rings. The molecule has 9 nitrogen and oxygen atoms in total. The van der Waals surface area contributed by atoms with E-state index in [2.05, 4.69) is 31.3 Å². The molecule has 1 aliphatic rings. The molecule has 6 N–H and O–H groups in total. The lowest BCUT2D eigenvalue weighted by atomic mass is 9.99. The summed E-state index contributed by atoms with van der Waals surface area (Å²) in [6, 6.07) is -0.718. The Kier molecular flexibility index (Phi) is 51.1. The third kappa shape index (κ3) is 42.1. The average molecular weight is 1020 g/mol. The number of allylic oxidation sites excluding steroid dienone is 2. The summed E-state index contributed by atoms with van der Waals surface area (Å²) in [7, 11) is 0. The smallest absolute Gasteiger partial charge is 0.220 e. The number of unbranched alkanes of at least 4 members (excludes halogenated alkanes) is 44. The fourth-order valence-corrected chi connectivity index (χ4v) is 10.6. The monoisotopic (exact) mass is 1020 g/mol. The van der Waals surface area contributed by atoms with Crippen LogP contribution in [0.3, 0.4) is 0 Å². The highest BCUT2D eigenvalue weighted by Crippen LogP contribution is 2.24. The number of ether oxygens (including phenoxy) is 2. The zero-order valence-corrected chi connectivity index (χ0v) is 47.7. The van der Waals surface area contributed by atoms with Gasteiger partial charge >= 0.3 is 0 Å². The van der Waals surface area contributed by atoms with Crippen molar-refractivity contribution in [3.63, 3.8) is 0 Å². The van der Waals surface area contributed by atoms with E-state index in [4.69, 9.17) is 9.47 Å². The fourth-order valence-electron chi connectivity index (χ4n) is 10.6. The molecular weight excluding hydrogens is 899 g/mol. The molecule has 0 saturated carbocycles. The number of hydrogen-bond acceptors (Lipinski definition) is 8. The zero-order valence-electron chi connectivity index (χ0n) is 47.7. The number of aliphatic hydroxyl groups excluding tert-OH is 5. The van der Waals surface area contributed by atoms with Crippen LogP contribution in [0.4, 0.5) is 0 Å². The summed E-state index contributed by atoms with van der Waals surface area (Å²) in [6.45, 7) is 3.89. The van der Waals surface area contributed by atoms with Crippen LogP contribution in [0.5, 0.6) is 0 Å². The number of carbonyl (C=O) groups is 1. The van der Waals surface area contributed by atoms with Gasteiger partial charge in [-0.25, -0.2) is 0 Å². The molecule has 7 unspecified atom stereocenters. The van der Waals surface area contributed by atoms with Crippen molar-refractivity contribution in [3.05, 3.63) is 12.2 Å². The van der Waals surface area contributed by atoms with Gasteiger partial charge in [-0.3, -0.25) is 4.79 Å². The molecule has 428 valence electrons. The molecule has 1 saturated heterocycles. The lowest BCUT2D eigenvalue weighted by molar-refractivity contribution is -0.302. The molecule has 1 rings (SSSR count). The van der Waals surface area contributed by atoms with Crippen molar-refractivity contribution in [2.75, 3.05) is 13.2 Å². The van der Waals surface area contributed by atoms with Gasteiger partial charge in [0.2, 0.25) is 5.91 Å². The molecule has 9 heteroatoms. The lowest BCUT2D eigenvalue weighted by Gasteiger charge is -2.40. The third-order valence-electron chi connectivity index (χ3n) is 15.6. The Labute approximate surface area is 446 Å². The molecule has 0 bridgehead atoms. The summed E-state index contributed by atoms with van der Waals surface area (Å²) in [4.78, 5) is 13.1. The largest absolute Gasteiger partial charge is 0.394 e. The highest BCUT2D eigenvalue weighted by atomic mass is 16.7. The molecule has 0 aliphatic carbocycles. The summed E-state index contributed by atoms with van der Waals surface area (Å²) >= 11 is 0. The van der Waals surface area contributed by atoms with E-state index in [-0.39, 0.29) is 12.5 Å². The first kappa shape index (κ1) is 68.9. The Bertz CT molecular complexity index is 1140. The van der Waals surface area contributed by atoms with E-state index in [1.807, 2.05) is 0 Å². The highest BCUT2D eigenvalue weighted by Gasteiger charge is 2.44. The van der Waals surface area contributed by atoms with Gasteiger partial charge in [0.15, 0.2) is 6.29 Å². The predicted molar refractivity (Wildman–Crippen MR) is 304 cm³/mol. The second kappa shape index (κ2) is 53.3. The second-order valence-corrected chi connectivity index (χ2v) is 22.6. The Morgan fingerprint density at radius 2 is 0.778 bits per heavy atom. The van der Waals surface area contributed by atoms with Crippen molar-refractivity contribution < 1.29 is 39.8 Å². The van der Waals surface area contributed by atoms with Crippen LogP contribution in [0.15, 0.2) is 12.2 Å². The molecule has 1 aliphatic heterocycles. The maximum absolute atomic E-state index is 13.1. The fraction of sp³-hybridized carbons (Fsp3) is 0.952. The minimum absolute atomic E-state index is 0.133. The van der Waals surface area contributed by atoms with E-state index in [1.165, 1.54) is 263 Å². The molecule has 0 spiro atoms. The van der Waals surface area contributed by atoms with Crippen LogP contribution in [-0.2, 0) is 14.3 Å². The van der Waals surface area contributed by atoms with Crippen molar-refractivity contribution in [1.29, 1.82) is 0 Å². The number of aliphatic hydroxyl groups is 5. The van der Waals surface area contributed by atoms with Gasteiger partial charge in [0.1, 0.15) is 24.4 Å². The molecule has 1 fully saturated rings. The molecule has 0 aromatic carbocycles. The van der Waals surface area contributed by atoms with Gasteiger partial charge in [-0.15, -0.1) is 0 Å².